The Morgan fingerprint density at radius 3 is 2.52 bits per heavy atom. The summed E-state index contributed by atoms with van der Waals surface area (Å²) < 4.78 is 10.6. The highest BCUT2D eigenvalue weighted by Gasteiger charge is 2.38. The number of ether oxygens (including phenoxy) is 2. The third kappa shape index (κ3) is 6.36. The second kappa shape index (κ2) is 8.99. The Labute approximate surface area is 159 Å². The molecular formula is C20H28N2O5. The van der Waals surface area contributed by atoms with E-state index in [0.717, 1.165) is 5.56 Å². The maximum atomic E-state index is 12.6. The summed E-state index contributed by atoms with van der Waals surface area (Å²) in [6.07, 6.45) is 0.993. The van der Waals surface area contributed by atoms with Crippen LogP contribution in [0.3, 0.4) is 0 Å². The van der Waals surface area contributed by atoms with Crippen molar-refractivity contribution in [3.63, 3.8) is 0 Å². The number of esters is 2. The third-order valence-corrected chi connectivity index (χ3v) is 4.16. The van der Waals surface area contributed by atoms with E-state index in [1.54, 1.807) is 20.8 Å². The fraction of sp³-hybridized carbons (Fsp3) is 0.550. The normalized spacial score (nSPS) is 18.1. The molecule has 0 aliphatic carbocycles. The number of hydrogen-bond acceptors (Lipinski definition) is 6. The number of carbonyl (C=O) groups excluding carboxylic acids is 3. The predicted molar refractivity (Wildman–Crippen MR) is 99.4 cm³/mol. The quantitative estimate of drug-likeness (QED) is 0.760. The van der Waals surface area contributed by atoms with Crippen LogP contribution in [0.2, 0.25) is 0 Å². The summed E-state index contributed by atoms with van der Waals surface area (Å²) in [5, 5.41) is 0. The van der Waals surface area contributed by atoms with E-state index in [2.05, 4.69) is 0 Å². The predicted octanol–water partition coefficient (Wildman–Crippen LogP) is 1.78. The Kier molecular flexibility index (Phi) is 6.96. The lowest BCUT2D eigenvalue weighted by atomic mass is 10.1. The van der Waals surface area contributed by atoms with Gasteiger partial charge in [0.2, 0.25) is 5.91 Å². The molecule has 0 aromatic heterocycles. The number of likely N-dealkylation sites (tertiary alicyclic amines) is 1. The molecule has 2 atom stereocenters. The van der Waals surface area contributed by atoms with E-state index in [1.165, 1.54) is 4.90 Å². The van der Waals surface area contributed by atoms with E-state index in [4.69, 9.17) is 15.2 Å². The molecule has 0 spiro atoms. The van der Waals surface area contributed by atoms with Crippen molar-refractivity contribution in [2.75, 3.05) is 6.54 Å². The van der Waals surface area contributed by atoms with Crippen LogP contribution >= 0.6 is 0 Å². The van der Waals surface area contributed by atoms with E-state index < -0.39 is 35.5 Å². The number of amides is 1. The monoisotopic (exact) mass is 376 g/mol. The molecule has 1 heterocycles. The Bertz CT molecular complexity index is 669. The highest BCUT2D eigenvalue weighted by Crippen LogP contribution is 2.21. The maximum Gasteiger partial charge on any atom is 0.329 e. The molecule has 1 aliphatic rings. The molecule has 0 radical (unpaired) electrons. The molecule has 1 fully saturated rings. The molecule has 148 valence electrons. The van der Waals surface area contributed by atoms with Crippen molar-refractivity contribution in [3.8, 4) is 0 Å². The molecule has 1 aromatic carbocycles. The molecule has 2 rings (SSSR count). The molecule has 1 amide bonds. The number of carbonyl (C=O) groups is 3. The number of nitrogens with two attached hydrogens (primary N) is 1. The van der Waals surface area contributed by atoms with Gasteiger partial charge in [0.1, 0.15) is 18.2 Å². The van der Waals surface area contributed by atoms with Gasteiger partial charge >= 0.3 is 11.9 Å². The lowest BCUT2D eigenvalue weighted by molar-refractivity contribution is -0.158. The smallest absolute Gasteiger partial charge is 0.329 e. The van der Waals surface area contributed by atoms with Gasteiger partial charge in [0, 0.05) is 6.54 Å². The lowest BCUT2D eigenvalue weighted by Gasteiger charge is -2.26. The Balaban J connectivity index is 1.90. The van der Waals surface area contributed by atoms with Crippen LogP contribution in [0.1, 0.15) is 45.6 Å². The molecule has 0 bridgehead atoms. The van der Waals surface area contributed by atoms with Crippen molar-refractivity contribution in [2.24, 2.45) is 5.73 Å². The van der Waals surface area contributed by atoms with Gasteiger partial charge in [-0.15, -0.1) is 0 Å². The molecule has 1 aliphatic heterocycles. The van der Waals surface area contributed by atoms with E-state index in [0.29, 0.717) is 19.4 Å². The highest BCUT2D eigenvalue weighted by atomic mass is 16.6. The van der Waals surface area contributed by atoms with Crippen molar-refractivity contribution < 1.29 is 23.9 Å². The van der Waals surface area contributed by atoms with Gasteiger partial charge in [-0.1, -0.05) is 30.3 Å². The summed E-state index contributed by atoms with van der Waals surface area (Å²) >= 11 is 0. The second-order valence-corrected chi connectivity index (χ2v) is 7.68. The lowest BCUT2D eigenvalue weighted by Crippen LogP contribution is -2.49. The van der Waals surface area contributed by atoms with Crippen LogP contribution in [0, 0.1) is 0 Å². The first-order valence-corrected chi connectivity index (χ1v) is 9.16. The zero-order chi connectivity index (χ0) is 20.0. The number of hydrogen-bond donors (Lipinski definition) is 1. The molecule has 1 unspecified atom stereocenters. The van der Waals surface area contributed by atoms with Crippen molar-refractivity contribution in [1.82, 2.24) is 4.90 Å². The van der Waals surface area contributed by atoms with Crippen LogP contribution in [0.15, 0.2) is 30.3 Å². The minimum Gasteiger partial charge on any atom is -0.460 e. The Morgan fingerprint density at radius 2 is 1.89 bits per heavy atom. The number of nitrogens with zero attached hydrogens (tertiary/aromatic N) is 1. The standard InChI is InChI=1S/C20H28N2O5/c1-20(2,3)27-17(23)12-15(21)18(24)22-11-7-10-16(22)19(25)26-13-14-8-5-4-6-9-14/h4-6,8-9,15-16H,7,10-13,21H2,1-3H3/t15-,16?/m0/s1. The van der Waals surface area contributed by atoms with Gasteiger partial charge in [-0.05, 0) is 39.2 Å². The number of rotatable bonds is 6. The van der Waals surface area contributed by atoms with Crippen LogP contribution in [0.5, 0.6) is 0 Å². The number of benzene rings is 1. The second-order valence-electron chi connectivity index (χ2n) is 7.68. The van der Waals surface area contributed by atoms with Gasteiger partial charge in [-0.2, -0.15) is 0 Å². The molecule has 7 nitrogen and oxygen atoms in total. The Morgan fingerprint density at radius 1 is 1.22 bits per heavy atom. The minimum atomic E-state index is -1.04. The molecule has 0 saturated carbocycles. The largest absolute Gasteiger partial charge is 0.460 e. The maximum absolute atomic E-state index is 12.6. The van der Waals surface area contributed by atoms with E-state index in [-0.39, 0.29) is 13.0 Å². The van der Waals surface area contributed by atoms with Crippen molar-refractivity contribution in [2.45, 2.75) is 64.3 Å². The molecule has 2 N–H and O–H groups in total. The van der Waals surface area contributed by atoms with Gasteiger partial charge in [0.25, 0.3) is 0 Å². The van der Waals surface area contributed by atoms with Crippen LogP contribution in [0.4, 0.5) is 0 Å². The molecule has 1 saturated heterocycles. The molecule has 1 aromatic rings. The van der Waals surface area contributed by atoms with Gasteiger partial charge < -0.3 is 20.1 Å². The zero-order valence-electron chi connectivity index (χ0n) is 16.1. The van der Waals surface area contributed by atoms with E-state index in [1.807, 2.05) is 30.3 Å². The topological polar surface area (TPSA) is 98.9 Å². The first kappa shape index (κ1) is 20.9. The average molecular weight is 376 g/mol. The zero-order valence-corrected chi connectivity index (χ0v) is 16.1. The van der Waals surface area contributed by atoms with Crippen LogP contribution in [-0.4, -0.2) is 47.0 Å². The van der Waals surface area contributed by atoms with Crippen LogP contribution < -0.4 is 5.73 Å². The average Bonchev–Trinajstić information content (AvgIpc) is 3.07. The Hall–Kier alpha value is -2.41. The fourth-order valence-electron chi connectivity index (χ4n) is 2.96. The summed E-state index contributed by atoms with van der Waals surface area (Å²) in [6, 6.07) is 7.64. The minimum absolute atomic E-state index is 0.155. The fourth-order valence-corrected chi connectivity index (χ4v) is 2.96. The summed E-state index contributed by atoms with van der Waals surface area (Å²) in [5.41, 5.74) is 6.14. The summed E-state index contributed by atoms with van der Waals surface area (Å²) in [5.74, 6) is -1.42. The van der Waals surface area contributed by atoms with Gasteiger partial charge in [0.15, 0.2) is 0 Å². The van der Waals surface area contributed by atoms with Crippen molar-refractivity contribution in [1.29, 1.82) is 0 Å². The molecule has 27 heavy (non-hydrogen) atoms. The van der Waals surface area contributed by atoms with Gasteiger partial charge in [-0.3, -0.25) is 9.59 Å². The van der Waals surface area contributed by atoms with Crippen LogP contribution in [0.25, 0.3) is 0 Å². The van der Waals surface area contributed by atoms with Gasteiger partial charge in [0.05, 0.1) is 12.5 Å². The molecule has 7 heteroatoms. The first-order chi connectivity index (χ1) is 12.7. The van der Waals surface area contributed by atoms with E-state index >= 15 is 0 Å². The van der Waals surface area contributed by atoms with Gasteiger partial charge in [-0.25, -0.2) is 4.79 Å². The SMILES string of the molecule is CC(C)(C)OC(=O)C[C@H](N)C(=O)N1CCCC1C(=O)OCc1ccccc1. The van der Waals surface area contributed by atoms with Crippen molar-refractivity contribution in [3.05, 3.63) is 35.9 Å². The third-order valence-electron chi connectivity index (χ3n) is 4.16. The van der Waals surface area contributed by atoms with Crippen LogP contribution in [-0.2, 0) is 30.5 Å². The summed E-state index contributed by atoms with van der Waals surface area (Å²) in [6.45, 7) is 5.82. The molecular weight excluding hydrogens is 348 g/mol. The summed E-state index contributed by atoms with van der Waals surface area (Å²) in [4.78, 5) is 38.4. The highest BCUT2D eigenvalue weighted by molar-refractivity contribution is 5.90. The summed E-state index contributed by atoms with van der Waals surface area (Å²) in [7, 11) is 0. The first-order valence-electron chi connectivity index (χ1n) is 9.16. The van der Waals surface area contributed by atoms with Crippen molar-refractivity contribution >= 4 is 17.8 Å². The van der Waals surface area contributed by atoms with E-state index in [9.17, 15) is 14.4 Å².